The lowest BCUT2D eigenvalue weighted by atomic mass is 10.1. The molecule has 0 spiro atoms. The van der Waals surface area contributed by atoms with Crippen molar-refractivity contribution in [2.75, 3.05) is 31.6 Å². The van der Waals surface area contributed by atoms with Gasteiger partial charge in [0.15, 0.2) is 0 Å². The molecule has 0 saturated carbocycles. The van der Waals surface area contributed by atoms with E-state index in [0.29, 0.717) is 12.4 Å². The highest BCUT2D eigenvalue weighted by atomic mass is 16.5. The Bertz CT molecular complexity index is 460. The molecule has 20 heavy (non-hydrogen) atoms. The number of rotatable bonds is 9. The third-order valence-electron chi connectivity index (χ3n) is 2.73. The van der Waals surface area contributed by atoms with Crippen molar-refractivity contribution in [3.63, 3.8) is 0 Å². The first kappa shape index (κ1) is 16.0. The molecule has 0 heterocycles. The predicted molar refractivity (Wildman–Crippen MR) is 80.4 cm³/mol. The van der Waals surface area contributed by atoms with Gasteiger partial charge in [-0.15, -0.1) is 6.58 Å². The maximum absolute atomic E-state index is 10.8. The van der Waals surface area contributed by atoms with Crippen LogP contribution in [0.1, 0.15) is 12.5 Å². The van der Waals surface area contributed by atoms with Crippen LogP contribution in [0.2, 0.25) is 0 Å². The van der Waals surface area contributed by atoms with Gasteiger partial charge in [-0.25, -0.2) is 0 Å². The van der Waals surface area contributed by atoms with Crippen molar-refractivity contribution >= 4 is 11.7 Å². The molecule has 0 fully saturated rings. The summed E-state index contributed by atoms with van der Waals surface area (Å²) in [7, 11) is 1.74. The van der Waals surface area contributed by atoms with Gasteiger partial charge in [-0.3, -0.25) is 4.79 Å². The molecule has 0 aliphatic rings. The van der Waals surface area contributed by atoms with Crippen molar-refractivity contribution in [3.05, 3.63) is 36.4 Å². The van der Waals surface area contributed by atoms with E-state index in [1.165, 1.54) is 0 Å². The molecule has 0 radical (unpaired) electrons. The van der Waals surface area contributed by atoms with Gasteiger partial charge in [0.25, 0.3) is 0 Å². The lowest BCUT2D eigenvalue weighted by Crippen LogP contribution is -2.25. The first-order valence-electron chi connectivity index (χ1n) is 6.58. The summed E-state index contributed by atoms with van der Waals surface area (Å²) in [6.45, 7) is 7.50. The van der Waals surface area contributed by atoms with Crippen LogP contribution in [-0.4, -0.2) is 37.8 Å². The number of hydrogen-bond acceptors (Lipinski definition) is 4. The highest BCUT2D eigenvalue weighted by molar-refractivity contribution is 5.75. The van der Waals surface area contributed by atoms with E-state index in [2.05, 4.69) is 11.9 Å². The summed E-state index contributed by atoms with van der Waals surface area (Å²) in [5.41, 5.74) is 1.87. The standard InChI is InChI=1S/C15H22N2O3/c1-4-8-16-10-12-6-7-13(14(9-12)20-5-2)17(3)11-15(18)19/h4,6-7,9,16H,1,5,8,10-11H2,2-3H3,(H,18,19). The lowest BCUT2D eigenvalue weighted by molar-refractivity contribution is -0.135. The zero-order valence-electron chi connectivity index (χ0n) is 12.1. The molecule has 0 aromatic heterocycles. The predicted octanol–water partition coefficient (Wildman–Crippen LogP) is 1.88. The normalized spacial score (nSPS) is 10.1. The molecule has 0 saturated heterocycles. The van der Waals surface area contributed by atoms with Crippen molar-refractivity contribution in [1.29, 1.82) is 0 Å². The second kappa shape index (κ2) is 8.22. The smallest absolute Gasteiger partial charge is 0.323 e. The van der Waals surface area contributed by atoms with Crippen LogP contribution >= 0.6 is 0 Å². The summed E-state index contributed by atoms with van der Waals surface area (Å²) in [6.07, 6.45) is 1.80. The molecular weight excluding hydrogens is 256 g/mol. The van der Waals surface area contributed by atoms with Crippen molar-refractivity contribution in [2.45, 2.75) is 13.5 Å². The highest BCUT2D eigenvalue weighted by Gasteiger charge is 2.12. The molecule has 1 rings (SSSR count). The summed E-state index contributed by atoms with van der Waals surface area (Å²) >= 11 is 0. The van der Waals surface area contributed by atoms with Crippen LogP contribution in [0.25, 0.3) is 0 Å². The van der Waals surface area contributed by atoms with Gasteiger partial charge in [0.1, 0.15) is 12.3 Å². The fraction of sp³-hybridized carbons (Fsp3) is 0.400. The monoisotopic (exact) mass is 278 g/mol. The first-order chi connectivity index (χ1) is 9.58. The van der Waals surface area contributed by atoms with Crippen LogP contribution in [0.4, 0.5) is 5.69 Å². The Hall–Kier alpha value is -2.01. The number of nitrogens with zero attached hydrogens (tertiary/aromatic N) is 1. The Morgan fingerprint density at radius 2 is 2.30 bits per heavy atom. The molecule has 2 N–H and O–H groups in total. The van der Waals surface area contributed by atoms with Crippen LogP contribution in [0.15, 0.2) is 30.9 Å². The molecule has 0 aliphatic heterocycles. The molecule has 0 atom stereocenters. The van der Waals surface area contributed by atoms with Gasteiger partial charge in [0.05, 0.1) is 12.3 Å². The summed E-state index contributed by atoms with van der Waals surface area (Å²) in [6, 6.07) is 5.79. The van der Waals surface area contributed by atoms with E-state index >= 15 is 0 Å². The molecule has 0 aliphatic carbocycles. The maximum Gasteiger partial charge on any atom is 0.323 e. The average molecular weight is 278 g/mol. The van der Waals surface area contributed by atoms with Crippen molar-refractivity contribution in [3.8, 4) is 5.75 Å². The fourth-order valence-corrected chi connectivity index (χ4v) is 1.86. The molecule has 5 heteroatoms. The molecule has 1 aromatic rings. The van der Waals surface area contributed by atoms with Crippen LogP contribution in [0, 0.1) is 0 Å². The first-order valence-corrected chi connectivity index (χ1v) is 6.58. The summed E-state index contributed by atoms with van der Waals surface area (Å²) in [5, 5.41) is 12.1. The number of aliphatic carboxylic acids is 1. The van der Waals surface area contributed by atoms with E-state index in [0.717, 1.165) is 24.3 Å². The number of likely N-dealkylation sites (N-methyl/N-ethyl adjacent to an activating group) is 1. The Morgan fingerprint density at radius 3 is 2.90 bits per heavy atom. The van der Waals surface area contributed by atoms with Crippen LogP contribution in [-0.2, 0) is 11.3 Å². The van der Waals surface area contributed by atoms with Gasteiger partial charge >= 0.3 is 5.97 Å². The van der Waals surface area contributed by atoms with Crippen LogP contribution in [0.5, 0.6) is 5.75 Å². The summed E-state index contributed by atoms with van der Waals surface area (Å²) < 4.78 is 5.60. The van der Waals surface area contributed by atoms with E-state index < -0.39 is 5.97 Å². The molecule has 5 nitrogen and oxygen atoms in total. The number of ether oxygens (including phenoxy) is 1. The molecule has 110 valence electrons. The zero-order valence-corrected chi connectivity index (χ0v) is 12.1. The number of benzene rings is 1. The third kappa shape index (κ3) is 4.93. The highest BCUT2D eigenvalue weighted by Crippen LogP contribution is 2.28. The van der Waals surface area contributed by atoms with Gasteiger partial charge in [0.2, 0.25) is 0 Å². The van der Waals surface area contributed by atoms with Gasteiger partial charge in [0, 0.05) is 20.1 Å². The Labute approximate surface area is 119 Å². The van der Waals surface area contributed by atoms with Crippen LogP contribution < -0.4 is 15.0 Å². The largest absolute Gasteiger partial charge is 0.492 e. The van der Waals surface area contributed by atoms with E-state index in [1.807, 2.05) is 25.1 Å². The number of carboxylic acids is 1. The van der Waals surface area contributed by atoms with E-state index in [4.69, 9.17) is 9.84 Å². The number of carboxylic acid groups (broad SMARTS) is 1. The number of hydrogen-bond donors (Lipinski definition) is 2. The minimum atomic E-state index is -0.869. The lowest BCUT2D eigenvalue weighted by Gasteiger charge is -2.21. The average Bonchev–Trinajstić information content (AvgIpc) is 2.39. The number of nitrogens with one attached hydrogen (secondary N) is 1. The second-order valence-electron chi connectivity index (χ2n) is 4.40. The molecule has 0 amide bonds. The van der Waals surface area contributed by atoms with Gasteiger partial charge in [-0.1, -0.05) is 12.1 Å². The number of carbonyl (C=O) groups is 1. The van der Waals surface area contributed by atoms with Gasteiger partial charge in [-0.05, 0) is 24.6 Å². The fourth-order valence-electron chi connectivity index (χ4n) is 1.86. The molecule has 0 bridgehead atoms. The quantitative estimate of drug-likeness (QED) is 0.533. The van der Waals surface area contributed by atoms with E-state index in [-0.39, 0.29) is 6.54 Å². The zero-order chi connectivity index (χ0) is 15.0. The van der Waals surface area contributed by atoms with Crippen molar-refractivity contribution in [2.24, 2.45) is 0 Å². The summed E-state index contributed by atoms with van der Waals surface area (Å²) in [4.78, 5) is 12.5. The van der Waals surface area contributed by atoms with E-state index in [1.54, 1.807) is 18.0 Å². The van der Waals surface area contributed by atoms with Crippen molar-refractivity contribution in [1.82, 2.24) is 5.32 Å². The maximum atomic E-state index is 10.8. The van der Waals surface area contributed by atoms with E-state index in [9.17, 15) is 4.79 Å². The second-order valence-corrected chi connectivity index (χ2v) is 4.40. The molecule has 1 aromatic carbocycles. The Balaban J connectivity index is 2.88. The summed E-state index contributed by atoms with van der Waals surface area (Å²) in [5.74, 6) is -0.166. The topological polar surface area (TPSA) is 61.8 Å². The van der Waals surface area contributed by atoms with Crippen molar-refractivity contribution < 1.29 is 14.6 Å². The number of anilines is 1. The molecular formula is C15H22N2O3. The van der Waals surface area contributed by atoms with Gasteiger partial charge < -0.3 is 20.1 Å². The minimum Gasteiger partial charge on any atom is -0.492 e. The Morgan fingerprint density at radius 1 is 1.55 bits per heavy atom. The molecule has 0 unspecified atom stereocenters. The third-order valence-corrected chi connectivity index (χ3v) is 2.73. The van der Waals surface area contributed by atoms with Crippen LogP contribution in [0.3, 0.4) is 0 Å². The Kier molecular flexibility index (Phi) is 6.59. The minimum absolute atomic E-state index is 0.0614. The SMILES string of the molecule is C=CCNCc1ccc(N(C)CC(=O)O)c(OCC)c1. The van der Waals surface area contributed by atoms with Gasteiger partial charge in [-0.2, -0.15) is 0 Å².